The van der Waals surface area contributed by atoms with Crippen LogP contribution in [0.4, 0.5) is 0 Å². The summed E-state index contributed by atoms with van der Waals surface area (Å²) >= 11 is 0. The number of carbonyl (C=O) groups is 1. The lowest BCUT2D eigenvalue weighted by Crippen LogP contribution is -2.24. The largest absolute Gasteiger partial charge is 0.489 e. The van der Waals surface area contributed by atoms with E-state index in [9.17, 15) is 4.79 Å². The van der Waals surface area contributed by atoms with Crippen LogP contribution in [0.3, 0.4) is 0 Å². The SMILES string of the molecule is O=C(COc1ccc2c(c1)OCO2)N/N=C/c1ccc(OCc2cccc3ccccc23)cc1. The first-order valence-electron chi connectivity index (χ1n) is 10.8. The summed E-state index contributed by atoms with van der Waals surface area (Å²) < 4.78 is 22.0. The lowest BCUT2D eigenvalue weighted by molar-refractivity contribution is -0.123. The van der Waals surface area contributed by atoms with Crippen molar-refractivity contribution in [3.05, 3.63) is 96.1 Å². The molecule has 0 saturated heterocycles. The highest BCUT2D eigenvalue weighted by Crippen LogP contribution is 2.35. The van der Waals surface area contributed by atoms with Crippen LogP contribution in [0.25, 0.3) is 10.8 Å². The molecule has 34 heavy (non-hydrogen) atoms. The normalized spacial score (nSPS) is 12.1. The molecule has 1 heterocycles. The van der Waals surface area contributed by atoms with Crippen molar-refractivity contribution in [1.29, 1.82) is 0 Å². The Bertz CT molecular complexity index is 1330. The molecule has 0 aliphatic carbocycles. The molecular formula is C27H22N2O5. The van der Waals surface area contributed by atoms with Crippen LogP contribution in [0.1, 0.15) is 11.1 Å². The Labute approximate surface area is 196 Å². The van der Waals surface area contributed by atoms with Crippen LogP contribution in [0.2, 0.25) is 0 Å². The van der Waals surface area contributed by atoms with Gasteiger partial charge in [0.15, 0.2) is 18.1 Å². The molecule has 0 aromatic heterocycles. The number of ether oxygens (including phenoxy) is 4. The van der Waals surface area contributed by atoms with E-state index in [-0.39, 0.29) is 19.3 Å². The van der Waals surface area contributed by atoms with Crippen molar-refractivity contribution in [3.63, 3.8) is 0 Å². The van der Waals surface area contributed by atoms with Gasteiger partial charge in [-0.3, -0.25) is 4.79 Å². The third kappa shape index (κ3) is 5.10. The van der Waals surface area contributed by atoms with E-state index < -0.39 is 0 Å². The summed E-state index contributed by atoms with van der Waals surface area (Å²) in [6, 6.07) is 27.1. The van der Waals surface area contributed by atoms with Crippen LogP contribution in [0.15, 0.2) is 90.0 Å². The zero-order valence-corrected chi connectivity index (χ0v) is 18.3. The van der Waals surface area contributed by atoms with E-state index >= 15 is 0 Å². The van der Waals surface area contributed by atoms with E-state index in [1.807, 2.05) is 42.5 Å². The zero-order chi connectivity index (χ0) is 23.2. The van der Waals surface area contributed by atoms with Crippen molar-refractivity contribution >= 4 is 22.9 Å². The third-order valence-electron chi connectivity index (χ3n) is 5.27. The van der Waals surface area contributed by atoms with Gasteiger partial charge in [-0.15, -0.1) is 0 Å². The number of hydrazone groups is 1. The molecule has 5 rings (SSSR count). The molecule has 4 aromatic carbocycles. The molecule has 7 heteroatoms. The minimum absolute atomic E-state index is 0.169. The molecular weight excluding hydrogens is 432 g/mol. The maximum absolute atomic E-state index is 12.0. The molecule has 0 unspecified atom stereocenters. The Morgan fingerprint density at radius 3 is 2.59 bits per heavy atom. The van der Waals surface area contributed by atoms with Crippen molar-refractivity contribution in [2.24, 2.45) is 5.10 Å². The minimum atomic E-state index is -0.371. The first-order valence-corrected chi connectivity index (χ1v) is 10.8. The summed E-state index contributed by atoms with van der Waals surface area (Å²) in [7, 11) is 0. The van der Waals surface area contributed by atoms with E-state index in [0.29, 0.717) is 23.9 Å². The first kappa shape index (κ1) is 21.3. The number of rotatable bonds is 8. The second kappa shape index (κ2) is 9.95. The van der Waals surface area contributed by atoms with Crippen LogP contribution in [0, 0.1) is 0 Å². The predicted octanol–water partition coefficient (Wildman–Crippen LogP) is 4.68. The number of carbonyl (C=O) groups excluding carboxylic acids is 1. The van der Waals surface area contributed by atoms with Crippen molar-refractivity contribution in [3.8, 4) is 23.0 Å². The summed E-state index contributed by atoms with van der Waals surface area (Å²) in [5, 5.41) is 6.36. The number of hydrogen-bond acceptors (Lipinski definition) is 6. The Morgan fingerprint density at radius 2 is 1.68 bits per heavy atom. The van der Waals surface area contributed by atoms with E-state index in [4.69, 9.17) is 18.9 Å². The van der Waals surface area contributed by atoms with Gasteiger partial charge in [-0.1, -0.05) is 42.5 Å². The van der Waals surface area contributed by atoms with Gasteiger partial charge >= 0.3 is 0 Å². The minimum Gasteiger partial charge on any atom is -0.489 e. The van der Waals surface area contributed by atoms with Crippen LogP contribution in [-0.4, -0.2) is 25.5 Å². The molecule has 0 radical (unpaired) electrons. The molecule has 1 aliphatic rings. The number of fused-ring (bicyclic) bond motifs is 2. The average molecular weight is 454 g/mol. The highest BCUT2D eigenvalue weighted by atomic mass is 16.7. The van der Waals surface area contributed by atoms with E-state index in [0.717, 1.165) is 16.9 Å². The Morgan fingerprint density at radius 1 is 0.882 bits per heavy atom. The van der Waals surface area contributed by atoms with E-state index in [2.05, 4.69) is 34.8 Å². The molecule has 170 valence electrons. The molecule has 1 N–H and O–H groups in total. The van der Waals surface area contributed by atoms with Crippen LogP contribution >= 0.6 is 0 Å². The van der Waals surface area contributed by atoms with Gasteiger partial charge in [0.05, 0.1) is 6.21 Å². The maximum Gasteiger partial charge on any atom is 0.277 e. The molecule has 0 saturated carbocycles. The number of benzene rings is 4. The quantitative estimate of drug-likeness (QED) is 0.309. The average Bonchev–Trinajstić information content (AvgIpc) is 3.35. The van der Waals surface area contributed by atoms with Gasteiger partial charge in [0.1, 0.15) is 18.1 Å². The predicted molar refractivity (Wildman–Crippen MR) is 129 cm³/mol. The smallest absolute Gasteiger partial charge is 0.277 e. The first-order chi connectivity index (χ1) is 16.7. The lowest BCUT2D eigenvalue weighted by Gasteiger charge is -2.09. The van der Waals surface area contributed by atoms with Crippen LogP contribution in [0.5, 0.6) is 23.0 Å². The molecule has 1 aliphatic heterocycles. The van der Waals surface area contributed by atoms with Gasteiger partial charge in [-0.2, -0.15) is 5.10 Å². The molecule has 0 atom stereocenters. The highest BCUT2D eigenvalue weighted by Gasteiger charge is 2.14. The molecule has 0 fully saturated rings. The summed E-state index contributed by atoms with van der Waals surface area (Å²) in [4.78, 5) is 12.0. The Balaban J connectivity index is 1.09. The maximum atomic E-state index is 12.0. The molecule has 7 nitrogen and oxygen atoms in total. The molecule has 1 amide bonds. The number of amides is 1. The number of nitrogens with one attached hydrogen (secondary N) is 1. The topological polar surface area (TPSA) is 78.4 Å². The Hall–Kier alpha value is -4.52. The molecule has 4 aromatic rings. The van der Waals surface area contributed by atoms with E-state index in [1.165, 1.54) is 10.8 Å². The standard InChI is InChI=1S/C27H22N2O5/c30-27(17-32-23-12-13-25-26(14-23)34-18-33-25)29-28-15-19-8-10-22(11-9-19)31-16-21-6-3-5-20-4-1-2-7-24(20)21/h1-15H,16-18H2,(H,29,30)/b28-15+. The highest BCUT2D eigenvalue weighted by molar-refractivity contribution is 5.85. The monoisotopic (exact) mass is 454 g/mol. The number of nitrogens with zero attached hydrogens (tertiary/aromatic N) is 1. The summed E-state index contributed by atoms with van der Waals surface area (Å²) in [5.74, 6) is 2.16. The number of hydrogen-bond donors (Lipinski definition) is 1. The van der Waals surface area contributed by atoms with Crippen molar-refractivity contribution < 1.29 is 23.7 Å². The zero-order valence-electron chi connectivity index (χ0n) is 18.3. The van der Waals surface area contributed by atoms with Gasteiger partial charge in [0.2, 0.25) is 6.79 Å². The lowest BCUT2D eigenvalue weighted by atomic mass is 10.1. The van der Waals surface area contributed by atoms with Crippen molar-refractivity contribution in [1.82, 2.24) is 5.43 Å². The summed E-state index contributed by atoms with van der Waals surface area (Å²) in [6.07, 6.45) is 1.56. The van der Waals surface area contributed by atoms with Crippen molar-refractivity contribution in [2.45, 2.75) is 6.61 Å². The summed E-state index contributed by atoms with van der Waals surface area (Å²) in [5.41, 5.74) is 4.41. The summed E-state index contributed by atoms with van der Waals surface area (Å²) in [6.45, 7) is 0.497. The van der Waals surface area contributed by atoms with Gasteiger partial charge < -0.3 is 18.9 Å². The van der Waals surface area contributed by atoms with Gasteiger partial charge in [-0.05, 0) is 58.3 Å². The fraction of sp³-hybridized carbons (Fsp3) is 0.111. The fourth-order valence-electron chi connectivity index (χ4n) is 3.56. The fourth-order valence-corrected chi connectivity index (χ4v) is 3.56. The molecule has 0 bridgehead atoms. The van der Waals surface area contributed by atoms with Gasteiger partial charge in [-0.25, -0.2) is 5.43 Å². The molecule has 0 spiro atoms. The second-order valence-electron chi connectivity index (χ2n) is 7.59. The third-order valence-corrected chi connectivity index (χ3v) is 5.27. The van der Waals surface area contributed by atoms with E-state index in [1.54, 1.807) is 24.4 Å². The second-order valence-corrected chi connectivity index (χ2v) is 7.59. The van der Waals surface area contributed by atoms with Crippen molar-refractivity contribution in [2.75, 3.05) is 13.4 Å². The van der Waals surface area contributed by atoms with Gasteiger partial charge in [0, 0.05) is 6.07 Å². The van der Waals surface area contributed by atoms with Gasteiger partial charge in [0.25, 0.3) is 5.91 Å². The van der Waals surface area contributed by atoms with Crippen LogP contribution in [-0.2, 0) is 11.4 Å². The Kier molecular flexibility index (Phi) is 6.25. The van der Waals surface area contributed by atoms with Crippen LogP contribution < -0.4 is 24.4 Å².